The maximum atomic E-state index is 10.7. The molecule has 0 aromatic rings. The lowest BCUT2D eigenvalue weighted by Gasteiger charge is -2.11. The Kier molecular flexibility index (Phi) is 29.2. The number of rotatable bonds is 16. The molecule has 0 fully saturated rings. The van der Waals surface area contributed by atoms with Crippen molar-refractivity contribution >= 4 is 50.5 Å². The van der Waals surface area contributed by atoms with Gasteiger partial charge in [-0.1, -0.05) is 0 Å². The van der Waals surface area contributed by atoms with Crippen molar-refractivity contribution in [2.24, 2.45) is 60.8 Å². The number of guanidine groups is 3. The van der Waals surface area contributed by atoms with Gasteiger partial charge in [0.2, 0.25) is 5.91 Å². The first-order chi connectivity index (χ1) is 20.0. The average Bonchev–Trinajstić information content (AvgIpc) is 2.85. The molecule has 23 N–H and O–H groups in total. The smallest absolute Gasteiger partial charge is 0.480 e. The van der Waals surface area contributed by atoms with Gasteiger partial charge in [-0.15, -0.1) is 0 Å². The average molecular weight is 659 g/mol. The van der Waals surface area contributed by atoms with E-state index < -0.39 is 44.8 Å². The zero-order valence-corrected chi connectivity index (χ0v) is 25.9. The highest BCUT2D eigenvalue weighted by atomic mass is 28.4. The van der Waals surface area contributed by atoms with Gasteiger partial charge in [-0.2, -0.15) is 0 Å². The number of hydrogen-bond acceptors (Lipinski definition) is 12. The van der Waals surface area contributed by atoms with Gasteiger partial charge in [0, 0.05) is 33.1 Å². The van der Waals surface area contributed by atoms with Crippen molar-refractivity contribution in [1.29, 1.82) is 0 Å². The third-order valence-electron chi connectivity index (χ3n) is 4.19. The van der Waals surface area contributed by atoms with Crippen LogP contribution in [0.1, 0.15) is 45.4 Å². The topological polar surface area (TPSA) is 447 Å². The number of hydrogen-bond donors (Lipinski definition) is 15. The Bertz CT molecular complexity index is 874. The van der Waals surface area contributed by atoms with E-state index >= 15 is 0 Å². The van der Waals surface area contributed by atoms with Crippen LogP contribution in [0.5, 0.6) is 0 Å². The molecule has 23 heteroatoms. The van der Waals surface area contributed by atoms with Crippen LogP contribution in [0.3, 0.4) is 0 Å². The highest BCUT2D eigenvalue weighted by Crippen LogP contribution is 1.98. The summed E-state index contributed by atoms with van der Waals surface area (Å²) in [7, 11) is -3.61. The van der Waals surface area contributed by atoms with Crippen molar-refractivity contribution in [3.05, 3.63) is 0 Å². The first-order valence-electron chi connectivity index (χ1n) is 12.8. The Hall–Kier alpha value is -4.29. The fourth-order valence-electron chi connectivity index (χ4n) is 2.29. The number of aliphatic carboxylic acids is 3. The Labute approximate surface area is 255 Å². The van der Waals surface area contributed by atoms with Gasteiger partial charge in [0.1, 0.15) is 18.1 Å². The molecule has 0 bridgehead atoms. The van der Waals surface area contributed by atoms with Gasteiger partial charge >= 0.3 is 26.7 Å². The fraction of sp³-hybridized carbons (Fsp3) is 0.667. The number of nitrogens with one attached hydrogen (secondary N) is 1. The molecular weight excluding hydrogens is 608 g/mol. The number of carboxylic acids is 3. The molecule has 0 aromatic heterocycles. The summed E-state index contributed by atoms with van der Waals surface area (Å²) in [6, 6.07) is -2.52. The SMILES string of the molecule is CC(=O)N[C@@H](CCCN=C(N)N)C(=O)O.C[Si](O)(O)O.NC(N)=NCCC[C@H](N)C(=O)O.NC(N)=NCCC[C@H](N)C(=O)O. The molecule has 0 aliphatic rings. The largest absolute Gasteiger partial charge is 0.489 e. The lowest BCUT2D eigenvalue weighted by Crippen LogP contribution is -2.39. The minimum Gasteiger partial charge on any atom is -0.480 e. The van der Waals surface area contributed by atoms with Crippen molar-refractivity contribution < 1.29 is 48.9 Å². The van der Waals surface area contributed by atoms with Crippen LogP contribution in [0.2, 0.25) is 6.55 Å². The number of aliphatic imine (C=N–C) groups is 3. The second-order valence-corrected chi connectivity index (χ2v) is 10.7. The summed E-state index contributed by atoms with van der Waals surface area (Å²) in [6.45, 7) is 3.46. The summed E-state index contributed by atoms with van der Waals surface area (Å²) >= 11 is 0. The minimum atomic E-state index is -3.61. The maximum Gasteiger partial charge on any atom is 0.489 e. The molecule has 0 aromatic carbocycles. The molecule has 1 amide bonds. The van der Waals surface area contributed by atoms with Gasteiger partial charge in [-0.25, -0.2) is 4.79 Å². The summed E-state index contributed by atoms with van der Waals surface area (Å²) < 4.78 is 0. The zero-order chi connectivity index (χ0) is 35.5. The van der Waals surface area contributed by atoms with E-state index in [2.05, 4.69) is 20.3 Å². The molecule has 3 atom stereocenters. The molecule has 0 unspecified atom stereocenters. The van der Waals surface area contributed by atoms with Crippen molar-refractivity contribution in [2.75, 3.05) is 19.6 Å². The van der Waals surface area contributed by atoms with Crippen LogP contribution in [0.25, 0.3) is 0 Å². The molecule has 22 nitrogen and oxygen atoms in total. The summed E-state index contributed by atoms with van der Waals surface area (Å²) in [5.74, 6) is -3.43. The standard InChI is InChI=1S/C8H16N4O3.2C6H14N4O2.CH6O3Si/c1-5(13)12-6(7(14)15)3-2-4-11-8(9)10;2*7-4(5(11)12)2-1-3-10-6(8)9;1-5(2,3)4/h6H,2-4H2,1H3,(H,12,13)(H,14,15)(H4,9,10,11);2*4H,1-3,7H2,(H,11,12)(H4,8,9,10);2-4H,1H3/t6-;2*4-;/m000./s1. The number of nitrogens with two attached hydrogens (primary N) is 8. The number of nitrogens with zero attached hydrogens (tertiary/aromatic N) is 3. The normalized spacial score (nSPS) is 11.9. The van der Waals surface area contributed by atoms with Gasteiger partial charge in [-0.3, -0.25) is 29.4 Å². The van der Waals surface area contributed by atoms with Crippen LogP contribution in [-0.2, 0) is 19.2 Å². The fourth-order valence-corrected chi connectivity index (χ4v) is 2.29. The maximum absolute atomic E-state index is 10.7. The molecule has 0 saturated carbocycles. The van der Waals surface area contributed by atoms with Crippen molar-refractivity contribution in [3.8, 4) is 0 Å². The molecule has 0 rings (SSSR count). The summed E-state index contributed by atoms with van der Waals surface area (Å²) in [6.07, 6.45) is 2.70. The van der Waals surface area contributed by atoms with Gasteiger partial charge < -0.3 is 80.9 Å². The summed E-state index contributed by atoms with van der Waals surface area (Å²) in [4.78, 5) is 76.1. The van der Waals surface area contributed by atoms with Gasteiger partial charge in [0.25, 0.3) is 0 Å². The highest BCUT2D eigenvalue weighted by molar-refractivity contribution is 6.54. The van der Waals surface area contributed by atoms with E-state index in [4.69, 9.17) is 75.6 Å². The predicted octanol–water partition coefficient (Wildman–Crippen LogP) is -5.93. The van der Waals surface area contributed by atoms with Crippen molar-refractivity contribution in [2.45, 2.75) is 70.1 Å². The molecule has 0 spiro atoms. The number of carbonyl (C=O) groups is 4. The summed E-state index contributed by atoms with van der Waals surface area (Å²) in [5.41, 5.74) is 40.8. The second-order valence-electron chi connectivity index (χ2n) is 8.80. The third kappa shape index (κ3) is 47.5. The molecular formula is C21H50N12O10Si. The molecule has 258 valence electrons. The van der Waals surface area contributed by atoms with E-state index in [0.717, 1.165) is 6.55 Å². The monoisotopic (exact) mass is 658 g/mol. The molecule has 0 radical (unpaired) electrons. The van der Waals surface area contributed by atoms with Crippen LogP contribution >= 0.6 is 0 Å². The lowest BCUT2D eigenvalue weighted by atomic mass is 10.1. The van der Waals surface area contributed by atoms with Crippen molar-refractivity contribution in [1.82, 2.24) is 5.32 Å². The number of carbonyl (C=O) groups excluding carboxylic acids is 1. The van der Waals surface area contributed by atoms with E-state index in [1.165, 1.54) is 6.92 Å². The van der Waals surface area contributed by atoms with Gasteiger partial charge in [0.05, 0.1) is 0 Å². The molecule has 0 heterocycles. The van der Waals surface area contributed by atoms with Crippen LogP contribution < -0.4 is 51.2 Å². The van der Waals surface area contributed by atoms with Crippen LogP contribution in [0.15, 0.2) is 15.0 Å². The Morgan fingerprint density at radius 3 is 1.11 bits per heavy atom. The Morgan fingerprint density at radius 1 is 0.636 bits per heavy atom. The first-order valence-corrected chi connectivity index (χ1v) is 15.1. The van der Waals surface area contributed by atoms with E-state index in [9.17, 15) is 19.2 Å². The van der Waals surface area contributed by atoms with E-state index in [1.807, 2.05) is 0 Å². The first kappa shape index (κ1) is 46.7. The number of amides is 1. The van der Waals surface area contributed by atoms with Gasteiger partial charge in [-0.05, 0) is 38.5 Å². The lowest BCUT2D eigenvalue weighted by molar-refractivity contribution is -0.141. The number of carboxylic acid groups (broad SMARTS) is 3. The Morgan fingerprint density at radius 2 is 0.909 bits per heavy atom. The minimum absolute atomic E-state index is 0.0129. The quantitative estimate of drug-likeness (QED) is 0.0317. The zero-order valence-electron chi connectivity index (χ0n) is 24.9. The van der Waals surface area contributed by atoms with E-state index in [0.29, 0.717) is 58.2 Å². The second kappa shape index (κ2) is 27.5. The predicted molar refractivity (Wildman–Crippen MR) is 164 cm³/mol. The van der Waals surface area contributed by atoms with Crippen LogP contribution in [0.4, 0.5) is 0 Å². The van der Waals surface area contributed by atoms with Crippen molar-refractivity contribution in [3.63, 3.8) is 0 Å². The van der Waals surface area contributed by atoms with E-state index in [-0.39, 0.29) is 23.8 Å². The third-order valence-corrected chi connectivity index (χ3v) is 4.19. The molecule has 0 aliphatic heterocycles. The molecule has 0 aliphatic carbocycles. The van der Waals surface area contributed by atoms with Crippen LogP contribution in [-0.4, -0.2) is 118 Å². The van der Waals surface area contributed by atoms with E-state index in [1.54, 1.807) is 0 Å². The van der Waals surface area contributed by atoms with Crippen LogP contribution in [0, 0.1) is 0 Å². The summed E-state index contributed by atoms with van der Waals surface area (Å²) in [5, 5.41) is 27.8. The molecule has 44 heavy (non-hydrogen) atoms. The van der Waals surface area contributed by atoms with Gasteiger partial charge in [0.15, 0.2) is 17.9 Å². The molecule has 0 saturated heterocycles. The highest BCUT2D eigenvalue weighted by Gasteiger charge is 2.17. The Balaban J connectivity index is -0.000000255.